The van der Waals surface area contributed by atoms with Crippen molar-refractivity contribution in [3.8, 4) is 0 Å². The Morgan fingerprint density at radius 2 is 2.00 bits per heavy atom. The summed E-state index contributed by atoms with van der Waals surface area (Å²) in [6.07, 6.45) is 6.99. The minimum absolute atomic E-state index is 0.723. The van der Waals surface area contributed by atoms with E-state index in [9.17, 15) is 0 Å². The second-order valence-electron chi connectivity index (χ2n) is 4.77. The maximum absolute atomic E-state index is 3.64. The average Bonchev–Trinajstić information content (AvgIpc) is 2.93. The fraction of sp³-hybridized carbons (Fsp3) is 1.00. The Morgan fingerprint density at radius 1 is 1.31 bits per heavy atom. The molecule has 1 nitrogen and oxygen atoms in total. The third-order valence-electron chi connectivity index (χ3n) is 3.21. The lowest BCUT2D eigenvalue weighted by Gasteiger charge is -2.17. The van der Waals surface area contributed by atoms with Crippen LogP contribution in [0.2, 0.25) is 0 Å². The third kappa shape index (κ3) is 4.66. The van der Waals surface area contributed by atoms with E-state index in [1.54, 1.807) is 0 Å². The number of rotatable bonds is 7. The average molecular weight is 183 g/mol. The summed E-state index contributed by atoms with van der Waals surface area (Å²) >= 11 is 0. The molecule has 0 aromatic heterocycles. The minimum Gasteiger partial charge on any atom is -0.314 e. The van der Waals surface area contributed by atoms with Crippen molar-refractivity contribution in [2.75, 3.05) is 6.54 Å². The molecule has 0 amide bonds. The molecule has 0 radical (unpaired) electrons. The van der Waals surface area contributed by atoms with Gasteiger partial charge in [0.1, 0.15) is 0 Å². The highest BCUT2D eigenvalue weighted by molar-refractivity contribution is 4.80. The summed E-state index contributed by atoms with van der Waals surface area (Å²) in [5.74, 6) is 1.95. The van der Waals surface area contributed by atoms with Crippen molar-refractivity contribution in [3.05, 3.63) is 0 Å². The van der Waals surface area contributed by atoms with Crippen LogP contribution in [0.4, 0.5) is 0 Å². The van der Waals surface area contributed by atoms with Crippen LogP contribution in [0, 0.1) is 11.8 Å². The quantitative estimate of drug-likeness (QED) is 0.639. The monoisotopic (exact) mass is 183 g/mol. The van der Waals surface area contributed by atoms with Crippen molar-refractivity contribution in [2.24, 2.45) is 11.8 Å². The zero-order valence-electron chi connectivity index (χ0n) is 9.47. The SMILES string of the molecule is CCCCC(C)NCC(C)C1CC1. The molecule has 0 heterocycles. The van der Waals surface area contributed by atoms with E-state index in [2.05, 4.69) is 26.1 Å². The molecule has 0 aliphatic heterocycles. The van der Waals surface area contributed by atoms with Crippen LogP contribution in [0.25, 0.3) is 0 Å². The highest BCUT2D eigenvalue weighted by Gasteiger charge is 2.27. The molecule has 0 spiro atoms. The second-order valence-corrected chi connectivity index (χ2v) is 4.77. The topological polar surface area (TPSA) is 12.0 Å². The lowest BCUT2D eigenvalue weighted by molar-refractivity contribution is 0.410. The molecule has 2 unspecified atom stereocenters. The molecule has 0 aromatic rings. The Bertz CT molecular complexity index is 129. The highest BCUT2D eigenvalue weighted by atomic mass is 14.9. The molecule has 2 atom stereocenters. The first-order valence-electron chi connectivity index (χ1n) is 5.97. The molecule has 0 aromatic carbocycles. The summed E-state index contributed by atoms with van der Waals surface area (Å²) in [4.78, 5) is 0. The zero-order valence-corrected chi connectivity index (χ0v) is 9.47. The molecule has 0 saturated heterocycles. The first-order valence-corrected chi connectivity index (χ1v) is 5.97. The molecule has 1 aliphatic carbocycles. The predicted molar refractivity (Wildman–Crippen MR) is 58.9 cm³/mol. The Hall–Kier alpha value is -0.0400. The van der Waals surface area contributed by atoms with Crippen molar-refractivity contribution >= 4 is 0 Å². The van der Waals surface area contributed by atoms with Gasteiger partial charge in [0.2, 0.25) is 0 Å². The van der Waals surface area contributed by atoms with Crippen LogP contribution in [-0.2, 0) is 0 Å². The van der Waals surface area contributed by atoms with E-state index in [0.29, 0.717) is 0 Å². The van der Waals surface area contributed by atoms with Crippen molar-refractivity contribution in [1.82, 2.24) is 5.32 Å². The van der Waals surface area contributed by atoms with E-state index < -0.39 is 0 Å². The molecule has 1 rings (SSSR count). The maximum atomic E-state index is 3.64. The van der Waals surface area contributed by atoms with Crippen molar-refractivity contribution < 1.29 is 0 Å². The first kappa shape index (κ1) is 11.0. The summed E-state index contributed by atoms with van der Waals surface area (Å²) in [6, 6.07) is 0.723. The standard InChI is InChI=1S/C12H25N/c1-4-5-6-11(3)13-9-10(2)12-7-8-12/h10-13H,4-9H2,1-3H3. The molecular weight excluding hydrogens is 158 g/mol. The number of nitrogens with one attached hydrogen (secondary N) is 1. The second kappa shape index (κ2) is 5.64. The molecule has 1 heteroatoms. The normalized spacial score (nSPS) is 21.5. The molecular formula is C12H25N. The summed E-state index contributed by atoms with van der Waals surface area (Å²) in [5.41, 5.74) is 0. The largest absolute Gasteiger partial charge is 0.314 e. The van der Waals surface area contributed by atoms with Gasteiger partial charge in [0.25, 0.3) is 0 Å². The van der Waals surface area contributed by atoms with Crippen LogP contribution in [0.1, 0.15) is 52.9 Å². The van der Waals surface area contributed by atoms with Gasteiger partial charge in [-0.25, -0.2) is 0 Å². The lowest BCUT2D eigenvalue weighted by Crippen LogP contribution is -2.30. The van der Waals surface area contributed by atoms with Gasteiger partial charge in [0.15, 0.2) is 0 Å². The van der Waals surface area contributed by atoms with Crippen LogP contribution in [0.3, 0.4) is 0 Å². The summed E-state index contributed by atoms with van der Waals surface area (Å²) in [6.45, 7) is 8.20. The number of unbranched alkanes of at least 4 members (excludes halogenated alkanes) is 1. The zero-order chi connectivity index (χ0) is 9.68. The van der Waals surface area contributed by atoms with E-state index in [-0.39, 0.29) is 0 Å². The van der Waals surface area contributed by atoms with Gasteiger partial charge in [0.05, 0.1) is 0 Å². The van der Waals surface area contributed by atoms with E-state index >= 15 is 0 Å². The van der Waals surface area contributed by atoms with Crippen LogP contribution < -0.4 is 5.32 Å². The summed E-state index contributed by atoms with van der Waals surface area (Å²) < 4.78 is 0. The van der Waals surface area contributed by atoms with Gasteiger partial charge in [0, 0.05) is 6.04 Å². The molecule has 13 heavy (non-hydrogen) atoms. The van der Waals surface area contributed by atoms with Crippen molar-refractivity contribution in [1.29, 1.82) is 0 Å². The van der Waals surface area contributed by atoms with E-state index in [0.717, 1.165) is 17.9 Å². The van der Waals surface area contributed by atoms with Crippen molar-refractivity contribution in [2.45, 2.75) is 58.9 Å². The van der Waals surface area contributed by atoms with Gasteiger partial charge in [-0.2, -0.15) is 0 Å². The Labute approximate surface area is 83.3 Å². The van der Waals surface area contributed by atoms with Crippen molar-refractivity contribution in [3.63, 3.8) is 0 Å². The summed E-state index contributed by atoms with van der Waals surface area (Å²) in [7, 11) is 0. The third-order valence-corrected chi connectivity index (χ3v) is 3.21. The molecule has 1 aliphatic rings. The Kier molecular flexibility index (Phi) is 4.79. The Balaban J connectivity index is 1.96. The fourth-order valence-electron chi connectivity index (χ4n) is 1.83. The lowest BCUT2D eigenvalue weighted by atomic mass is 10.1. The van der Waals surface area contributed by atoms with Gasteiger partial charge >= 0.3 is 0 Å². The molecule has 78 valence electrons. The van der Waals surface area contributed by atoms with Gasteiger partial charge in [-0.05, 0) is 44.6 Å². The first-order chi connectivity index (χ1) is 6.24. The number of hydrogen-bond donors (Lipinski definition) is 1. The van der Waals surface area contributed by atoms with E-state index in [4.69, 9.17) is 0 Å². The van der Waals surface area contributed by atoms with Crippen LogP contribution in [0.15, 0.2) is 0 Å². The maximum Gasteiger partial charge on any atom is 0.00388 e. The molecule has 0 bridgehead atoms. The van der Waals surface area contributed by atoms with Gasteiger partial charge in [-0.15, -0.1) is 0 Å². The van der Waals surface area contributed by atoms with Gasteiger partial charge in [-0.1, -0.05) is 26.7 Å². The minimum atomic E-state index is 0.723. The van der Waals surface area contributed by atoms with Crippen LogP contribution in [0.5, 0.6) is 0 Å². The Morgan fingerprint density at radius 3 is 2.54 bits per heavy atom. The van der Waals surface area contributed by atoms with Crippen LogP contribution in [-0.4, -0.2) is 12.6 Å². The highest BCUT2D eigenvalue weighted by Crippen LogP contribution is 2.36. The number of hydrogen-bond acceptors (Lipinski definition) is 1. The smallest absolute Gasteiger partial charge is 0.00388 e. The van der Waals surface area contributed by atoms with E-state index in [1.165, 1.54) is 38.6 Å². The predicted octanol–water partition coefficient (Wildman–Crippen LogP) is 3.20. The molecule has 1 N–H and O–H groups in total. The van der Waals surface area contributed by atoms with E-state index in [1.807, 2.05) is 0 Å². The molecule has 1 saturated carbocycles. The van der Waals surface area contributed by atoms with Gasteiger partial charge in [-0.3, -0.25) is 0 Å². The summed E-state index contributed by atoms with van der Waals surface area (Å²) in [5, 5.41) is 3.64. The van der Waals surface area contributed by atoms with Gasteiger partial charge < -0.3 is 5.32 Å². The molecule has 1 fully saturated rings. The fourth-order valence-corrected chi connectivity index (χ4v) is 1.83. The van der Waals surface area contributed by atoms with Crippen LogP contribution >= 0.6 is 0 Å².